The Hall–Kier alpha value is -2.61. The fraction of sp³-hybridized carbons (Fsp3) is 0. The van der Waals surface area contributed by atoms with Crippen molar-refractivity contribution in [3.8, 4) is 0 Å². The first kappa shape index (κ1) is 14.5. The lowest BCUT2D eigenvalue weighted by Crippen LogP contribution is -2.23. The van der Waals surface area contributed by atoms with E-state index in [0.717, 1.165) is 22.1 Å². The summed E-state index contributed by atoms with van der Waals surface area (Å²) in [5.74, 6) is 0.763. The van der Waals surface area contributed by atoms with Gasteiger partial charge in [0, 0.05) is 5.57 Å². The van der Waals surface area contributed by atoms with E-state index in [2.05, 4.69) is 36.3 Å². The van der Waals surface area contributed by atoms with Gasteiger partial charge in [-0.15, -0.1) is 0 Å². The Morgan fingerprint density at radius 2 is 1.68 bits per heavy atom. The average Bonchev–Trinajstić information content (AvgIpc) is 2.79. The Bertz CT molecular complexity index is 614. The van der Waals surface area contributed by atoms with Crippen LogP contribution in [-0.4, -0.2) is 9.97 Å². The van der Waals surface area contributed by atoms with Crippen molar-refractivity contribution in [2.24, 2.45) is 0 Å². The van der Waals surface area contributed by atoms with Gasteiger partial charge in [-0.3, -0.25) is 0 Å². The molecular weight excluding hydrogens is 232 g/mol. The van der Waals surface area contributed by atoms with Crippen molar-refractivity contribution in [3.63, 3.8) is 0 Å². The van der Waals surface area contributed by atoms with Gasteiger partial charge in [0.25, 0.3) is 0 Å². The third kappa shape index (κ3) is 3.96. The van der Waals surface area contributed by atoms with Crippen molar-refractivity contribution >= 4 is 17.7 Å². The number of H-pyrrole nitrogens is 1. The maximum Gasteiger partial charge on any atom is 0.138 e. The van der Waals surface area contributed by atoms with Gasteiger partial charge in [0.1, 0.15) is 5.82 Å². The van der Waals surface area contributed by atoms with Gasteiger partial charge in [-0.25, -0.2) is 4.98 Å². The second-order valence-electron chi connectivity index (χ2n) is 3.64. The summed E-state index contributed by atoms with van der Waals surface area (Å²) in [5.41, 5.74) is 0.928. The van der Waals surface area contributed by atoms with E-state index < -0.39 is 0 Å². The zero-order valence-corrected chi connectivity index (χ0v) is 11.0. The highest BCUT2D eigenvalue weighted by Crippen LogP contribution is 2.08. The molecule has 0 fully saturated rings. The van der Waals surface area contributed by atoms with Crippen molar-refractivity contribution < 1.29 is 0 Å². The molecule has 2 heteroatoms. The Morgan fingerprint density at radius 3 is 2.26 bits per heavy atom. The minimum atomic E-state index is 0.763. The third-order valence-corrected chi connectivity index (χ3v) is 2.30. The molecular formula is C17H18N2. The molecule has 0 unspecified atom stereocenters. The van der Waals surface area contributed by atoms with E-state index in [-0.39, 0.29) is 0 Å². The van der Waals surface area contributed by atoms with Crippen LogP contribution in [0, 0.1) is 0 Å². The van der Waals surface area contributed by atoms with E-state index in [1.54, 1.807) is 24.3 Å². The number of aromatic nitrogens is 2. The summed E-state index contributed by atoms with van der Waals surface area (Å²) in [7, 11) is 0. The van der Waals surface area contributed by atoms with Crippen LogP contribution in [0.2, 0.25) is 0 Å². The zero-order valence-electron chi connectivity index (χ0n) is 11.0. The predicted molar refractivity (Wildman–Crippen MR) is 84.7 cm³/mol. The summed E-state index contributed by atoms with van der Waals surface area (Å²) in [6.45, 7) is 14.8. The molecule has 0 aliphatic heterocycles. The third-order valence-electron chi connectivity index (χ3n) is 2.30. The minimum absolute atomic E-state index is 0.763. The summed E-state index contributed by atoms with van der Waals surface area (Å²) in [4.78, 5) is 7.77. The van der Waals surface area contributed by atoms with Crippen LogP contribution in [-0.2, 0) is 0 Å². The average molecular weight is 250 g/mol. The quantitative estimate of drug-likeness (QED) is 0.773. The molecule has 0 spiro atoms. The predicted octanol–water partition coefficient (Wildman–Crippen LogP) is 2.65. The topological polar surface area (TPSA) is 28.7 Å². The molecule has 0 saturated carbocycles. The number of imidazole rings is 1. The molecule has 0 bridgehead atoms. The second kappa shape index (κ2) is 7.67. The van der Waals surface area contributed by atoms with Crippen LogP contribution in [0.15, 0.2) is 68.8 Å². The molecule has 0 saturated heterocycles. The van der Waals surface area contributed by atoms with Crippen LogP contribution in [0.25, 0.3) is 17.7 Å². The lowest BCUT2D eigenvalue weighted by atomic mass is 10.2. The molecule has 0 radical (unpaired) electrons. The van der Waals surface area contributed by atoms with Crippen molar-refractivity contribution in [3.05, 3.63) is 85.4 Å². The molecule has 1 aromatic heterocycles. The number of aromatic amines is 1. The molecule has 0 atom stereocenters. The van der Waals surface area contributed by atoms with Crippen molar-refractivity contribution in [1.82, 2.24) is 9.97 Å². The second-order valence-corrected chi connectivity index (χ2v) is 3.64. The lowest BCUT2D eigenvalue weighted by Gasteiger charge is -1.94. The summed E-state index contributed by atoms with van der Waals surface area (Å²) in [6, 6.07) is 0. The van der Waals surface area contributed by atoms with E-state index in [1.165, 1.54) is 0 Å². The first-order valence-corrected chi connectivity index (χ1v) is 5.90. The van der Waals surface area contributed by atoms with E-state index in [4.69, 9.17) is 0 Å². The molecule has 19 heavy (non-hydrogen) atoms. The fourth-order valence-corrected chi connectivity index (χ4v) is 1.53. The minimum Gasteiger partial charge on any atom is -0.338 e. The molecule has 0 aromatic carbocycles. The highest BCUT2D eigenvalue weighted by atomic mass is 14.9. The summed E-state index contributed by atoms with van der Waals surface area (Å²) < 4.78 is 0. The van der Waals surface area contributed by atoms with Crippen LogP contribution in [0.4, 0.5) is 0 Å². The van der Waals surface area contributed by atoms with Gasteiger partial charge in [0.05, 0.1) is 10.7 Å². The van der Waals surface area contributed by atoms with Crippen LogP contribution < -0.4 is 10.7 Å². The maximum absolute atomic E-state index is 4.53. The Labute approximate surface area is 113 Å². The summed E-state index contributed by atoms with van der Waals surface area (Å²) in [5, 5.41) is 1.72. The molecule has 2 nitrogen and oxygen atoms in total. The monoisotopic (exact) mass is 250 g/mol. The van der Waals surface area contributed by atoms with Crippen molar-refractivity contribution in [2.75, 3.05) is 0 Å². The van der Waals surface area contributed by atoms with E-state index >= 15 is 0 Å². The zero-order chi connectivity index (χ0) is 14.1. The number of nitrogens with one attached hydrogen (secondary N) is 1. The standard InChI is InChI=1S/C17H18N2/c1-5-9-13-14(10-6-2)17-18-15(11-7-3)16(19-17)12-8-4/h5-13H,1-4H2,(H,18,19)/b13-9-,14-10+,15-11+,16-12+. The largest absolute Gasteiger partial charge is 0.338 e. The van der Waals surface area contributed by atoms with Crippen molar-refractivity contribution in [1.29, 1.82) is 0 Å². The molecule has 0 aliphatic rings. The number of nitrogens with zero attached hydrogens (tertiary/aromatic N) is 1. The highest BCUT2D eigenvalue weighted by molar-refractivity contribution is 5.71. The van der Waals surface area contributed by atoms with Crippen LogP contribution in [0.3, 0.4) is 0 Å². The van der Waals surface area contributed by atoms with Gasteiger partial charge >= 0.3 is 0 Å². The van der Waals surface area contributed by atoms with Crippen LogP contribution in [0.1, 0.15) is 5.82 Å². The van der Waals surface area contributed by atoms with E-state index in [9.17, 15) is 0 Å². The number of allylic oxidation sites excluding steroid dienone is 8. The molecule has 1 N–H and O–H groups in total. The Balaban J connectivity index is 3.46. The lowest BCUT2D eigenvalue weighted by molar-refractivity contribution is 1.22. The fourth-order valence-electron chi connectivity index (χ4n) is 1.53. The van der Waals surface area contributed by atoms with Crippen LogP contribution >= 0.6 is 0 Å². The summed E-state index contributed by atoms with van der Waals surface area (Å²) >= 11 is 0. The normalized spacial score (nSPS) is 13.8. The van der Waals surface area contributed by atoms with Gasteiger partial charge in [-0.1, -0.05) is 68.8 Å². The van der Waals surface area contributed by atoms with Gasteiger partial charge in [0.2, 0.25) is 0 Å². The maximum atomic E-state index is 4.53. The molecule has 96 valence electrons. The first-order chi connectivity index (χ1) is 9.26. The SMILES string of the molecule is C=C/C=C\C(=C/C=C)c1nc(=C/C=C)/c(=C\C=C)[nH]1. The van der Waals surface area contributed by atoms with Gasteiger partial charge in [-0.05, 0) is 12.2 Å². The number of rotatable bonds is 6. The van der Waals surface area contributed by atoms with Crippen LogP contribution in [0.5, 0.6) is 0 Å². The Kier molecular flexibility index (Phi) is 5.83. The van der Waals surface area contributed by atoms with Gasteiger partial charge in [0.15, 0.2) is 0 Å². The molecule has 1 heterocycles. The van der Waals surface area contributed by atoms with E-state index in [1.807, 2.05) is 30.4 Å². The molecule has 0 amide bonds. The number of hydrogen-bond acceptors (Lipinski definition) is 1. The smallest absolute Gasteiger partial charge is 0.138 e. The van der Waals surface area contributed by atoms with E-state index in [0.29, 0.717) is 0 Å². The Morgan fingerprint density at radius 1 is 0.947 bits per heavy atom. The number of hydrogen-bond donors (Lipinski definition) is 1. The van der Waals surface area contributed by atoms with Crippen molar-refractivity contribution in [2.45, 2.75) is 0 Å². The first-order valence-electron chi connectivity index (χ1n) is 5.90. The molecule has 1 rings (SSSR count). The van der Waals surface area contributed by atoms with Gasteiger partial charge < -0.3 is 4.98 Å². The molecule has 1 aromatic rings. The summed E-state index contributed by atoms with van der Waals surface area (Å²) in [6.07, 6.45) is 16.2. The molecule has 0 aliphatic carbocycles. The van der Waals surface area contributed by atoms with Gasteiger partial charge in [-0.2, -0.15) is 0 Å². The highest BCUT2D eigenvalue weighted by Gasteiger charge is 2.01.